The number of nitrogens with zero attached hydrogens (tertiary/aromatic N) is 1. The number of sulfonamides is 1. The molecule has 1 aliphatic heterocycles. The first-order chi connectivity index (χ1) is 17.6. The van der Waals surface area contributed by atoms with Crippen LogP contribution in [-0.4, -0.2) is 40.6 Å². The molecule has 1 N–H and O–H groups in total. The number of halogens is 2. The van der Waals surface area contributed by atoms with Crippen molar-refractivity contribution in [2.75, 3.05) is 29.9 Å². The Bertz CT molecular complexity index is 1480. The zero-order chi connectivity index (χ0) is 26.7. The summed E-state index contributed by atoms with van der Waals surface area (Å²) in [6.07, 6.45) is 1.23. The van der Waals surface area contributed by atoms with Crippen molar-refractivity contribution in [3.8, 4) is 5.75 Å². The first kappa shape index (κ1) is 26.4. The predicted octanol–water partition coefficient (Wildman–Crippen LogP) is 5.06. The van der Waals surface area contributed by atoms with Gasteiger partial charge in [-0.1, -0.05) is 17.7 Å². The molecule has 0 atom stereocenters. The summed E-state index contributed by atoms with van der Waals surface area (Å²) in [5, 5.41) is 2.82. The number of carbonyl (C=O) groups is 2. The van der Waals surface area contributed by atoms with E-state index in [9.17, 15) is 22.4 Å². The number of fused-ring (bicyclic) bond motifs is 1. The number of carbonyl (C=O) groups excluding carboxylic acids is 2. The van der Waals surface area contributed by atoms with Crippen molar-refractivity contribution in [3.63, 3.8) is 0 Å². The number of rotatable bonds is 7. The van der Waals surface area contributed by atoms with Crippen molar-refractivity contribution in [1.82, 2.24) is 0 Å². The van der Waals surface area contributed by atoms with E-state index in [0.717, 1.165) is 11.6 Å². The molecule has 1 heterocycles. The molecule has 1 amide bonds. The monoisotopic (exact) mass is 546 g/mol. The Morgan fingerprint density at radius 3 is 2.59 bits per heavy atom. The predicted molar refractivity (Wildman–Crippen MR) is 138 cm³/mol. The normalized spacial score (nSPS) is 13.0. The van der Waals surface area contributed by atoms with Gasteiger partial charge >= 0.3 is 5.97 Å². The lowest BCUT2D eigenvalue weighted by molar-refractivity contribution is 0.0521. The van der Waals surface area contributed by atoms with Crippen LogP contribution in [0.1, 0.15) is 39.6 Å². The molecule has 11 heteroatoms. The fourth-order valence-corrected chi connectivity index (χ4v) is 6.03. The number of benzene rings is 3. The van der Waals surface area contributed by atoms with Crippen molar-refractivity contribution < 1.29 is 31.9 Å². The van der Waals surface area contributed by atoms with Crippen molar-refractivity contribution in [2.45, 2.75) is 24.7 Å². The largest absolute Gasteiger partial charge is 0.495 e. The lowest BCUT2D eigenvalue weighted by Crippen LogP contribution is -2.36. The number of anilines is 2. The topological polar surface area (TPSA) is 102 Å². The van der Waals surface area contributed by atoms with Gasteiger partial charge in [0.25, 0.3) is 15.9 Å². The van der Waals surface area contributed by atoms with Gasteiger partial charge in [-0.3, -0.25) is 9.10 Å². The van der Waals surface area contributed by atoms with Gasteiger partial charge in [-0.05, 0) is 73.9 Å². The number of nitrogens with one attached hydrogen (secondary N) is 1. The lowest BCUT2D eigenvalue weighted by atomic mass is 10.0. The molecule has 0 bridgehead atoms. The van der Waals surface area contributed by atoms with Gasteiger partial charge in [0.2, 0.25) is 0 Å². The highest BCUT2D eigenvalue weighted by atomic mass is 35.5. The molecule has 0 spiro atoms. The highest BCUT2D eigenvalue weighted by Gasteiger charge is 2.32. The second-order valence-electron chi connectivity index (χ2n) is 8.19. The fourth-order valence-electron chi connectivity index (χ4n) is 4.07. The maximum atomic E-state index is 14.4. The minimum absolute atomic E-state index is 0.0811. The van der Waals surface area contributed by atoms with Crippen LogP contribution in [0.15, 0.2) is 59.5 Å². The summed E-state index contributed by atoms with van der Waals surface area (Å²) in [6.45, 7) is 1.92. The molecular formula is C26H24ClFN2O6S. The van der Waals surface area contributed by atoms with Gasteiger partial charge in [-0.2, -0.15) is 0 Å². The minimum atomic E-state index is -4.07. The van der Waals surface area contributed by atoms with Crippen LogP contribution in [0.2, 0.25) is 5.02 Å². The SMILES string of the molecule is CCOC(=O)c1ccc(NC(=O)c2ccc3c(c2)N(S(=O)(=O)c2cc(Cl)ccc2OC)CCC3)cc1F. The van der Waals surface area contributed by atoms with Crippen molar-refractivity contribution in [1.29, 1.82) is 0 Å². The second-order valence-corrected chi connectivity index (χ2v) is 10.5. The number of amides is 1. The number of aryl methyl sites for hydroxylation is 1. The molecule has 0 radical (unpaired) electrons. The standard InChI is InChI=1S/C26H24ClFN2O6S/c1-3-36-26(32)20-10-9-19(15-21(20)28)29-25(31)17-7-6-16-5-4-12-30(22(16)13-17)37(33,34)24-14-18(27)8-11-23(24)35-2/h6-11,13-15H,3-5,12H2,1-2H3,(H,29,31). The molecular weight excluding hydrogens is 523 g/mol. The Balaban J connectivity index is 1.64. The van der Waals surface area contributed by atoms with Crippen LogP contribution in [0.25, 0.3) is 0 Å². The van der Waals surface area contributed by atoms with E-state index in [2.05, 4.69) is 5.32 Å². The maximum absolute atomic E-state index is 14.4. The Labute approximate surface area is 219 Å². The average Bonchev–Trinajstić information content (AvgIpc) is 2.88. The lowest BCUT2D eigenvalue weighted by Gasteiger charge is -2.31. The van der Waals surface area contributed by atoms with Crippen LogP contribution in [0.4, 0.5) is 15.8 Å². The third kappa shape index (κ3) is 5.40. The van der Waals surface area contributed by atoms with Crippen LogP contribution in [-0.2, 0) is 21.2 Å². The van der Waals surface area contributed by atoms with E-state index in [1.807, 2.05) is 0 Å². The summed E-state index contributed by atoms with van der Waals surface area (Å²) in [4.78, 5) is 24.7. The number of esters is 1. The number of hydrogen-bond donors (Lipinski definition) is 1. The van der Waals surface area contributed by atoms with E-state index in [4.69, 9.17) is 21.1 Å². The van der Waals surface area contributed by atoms with Gasteiger partial charge < -0.3 is 14.8 Å². The summed E-state index contributed by atoms with van der Waals surface area (Å²) in [6, 6.07) is 12.7. The van der Waals surface area contributed by atoms with Crippen molar-refractivity contribution in [2.24, 2.45) is 0 Å². The van der Waals surface area contributed by atoms with Gasteiger partial charge in [-0.25, -0.2) is 17.6 Å². The summed E-state index contributed by atoms with van der Waals surface area (Å²) in [7, 11) is -2.69. The maximum Gasteiger partial charge on any atom is 0.341 e. The molecule has 0 unspecified atom stereocenters. The Morgan fingerprint density at radius 2 is 1.89 bits per heavy atom. The molecule has 0 fully saturated rings. The molecule has 8 nitrogen and oxygen atoms in total. The van der Waals surface area contributed by atoms with Gasteiger partial charge in [0.15, 0.2) is 0 Å². The van der Waals surface area contributed by atoms with Crippen molar-refractivity contribution in [3.05, 3.63) is 82.1 Å². The third-order valence-corrected chi connectivity index (χ3v) is 7.91. The first-order valence-electron chi connectivity index (χ1n) is 11.4. The third-order valence-electron chi connectivity index (χ3n) is 5.84. The Morgan fingerprint density at radius 1 is 1.11 bits per heavy atom. The van der Waals surface area contributed by atoms with Gasteiger partial charge in [0.05, 0.1) is 25.0 Å². The zero-order valence-electron chi connectivity index (χ0n) is 20.1. The van der Waals surface area contributed by atoms with Crippen LogP contribution in [0.3, 0.4) is 0 Å². The molecule has 3 aromatic rings. The van der Waals surface area contributed by atoms with Crippen LogP contribution in [0, 0.1) is 5.82 Å². The molecule has 3 aromatic carbocycles. The van der Waals surface area contributed by atoms with Gasteiger partial charge in [0, 0.05) is 22.8 Å². The second kappa shape index (κ2) is 10.8. The quantitative estimate of drug-likeness (QED) is 0.416. The van der Waals surface area contributed by atoms with Crippen LogP contribution in [0.5, 0.6) is 5.75 Å². The smallest absolute Gasteiger partial charge is 0.341 e. The summed E-state index contributed by atoms with van der Waals surface area (Å²) in [5.74, 6) is -2.06. The molecule has 1 aliphatic rings. The number of hydrogen-bond acceptors (Lipinski definition) is 6. The van der Waals surface area contributed by atoms with Crippen molar-refractivity contribution >= 4 is 44.9 Å². The highest BCUT2D eigenvalue weighted by molar-refractivity contribution is 7.93. The molecule has 0 aliphatic carbocycles. The molecule has 0 aromatic heterocycles. The summed E-state index contributed by atoms with van der Waals surface area (Å²) in [5.41, 5.74) is 1.18. The molecule has 0 saturated heterocycles. The molecule has 4 rings (SSSR count). The fraction of sp³-hybridized carbons (Fsp3) is 0.231. The van der Waals surface area contributed by atoms with Gasteiger partial charge in [0.1, 0.15) is 16.5 Å². The van der Waals surface area contributed by atoms with E-state index in [0.29, 0.717) is 18.5 Å². The Hall–Kier alpha value is -3.63. The number of methoxy groups -OCH3 is 1. The average molecular weight is 547 g/mol. The summed E-state index contributed by atoms with van der Waals surface area (Å²) >= 11 is 6.07. The van der Waals surface area contributed by atoms with E-state index in [1.54, 1.807) is 19.1 Å². The zero-order valence-corrected chi connectivity index (χ0v) is 21.7. The molecule has 0 saturated carbocycles. The highest BCUT2D eigenvalue weighted by Crippen LogP contribution is 2.36. The summed E-state index contributed by atoms with van der Waals surface area (Å²) < 4.78 is 53.0. The Kier molecular flexibility index (Phi) is 7.70. The van der Waals surface area contributed by atoms with Gasteiger partial charge in [-0.15, -0.1) is 0 Å². The van der Waals surface area contributed by atoms with E-state index in [-0.39, 0.29) is 45.6 Å². The van der Waals surface area contributed by atoms with Crippen LogP contribution >= 0.6 is 11.6 Å². The van der Waals surface area contributed by atoms with E-state index in [1.165, 1.54) is 47.8 Å². The van der Waals surface area contributed by atoms with Crippen LogP contribution < -0.4 is 14.4 Å². The minimum Gasteiger partial charge on any atom is -0.495 e. The van der Waals surface area contributed by atoms with E-state index >= 15 is 0 Å². The number of ether oxygens (including phenoxy) is 2. The molecule has 194 valence electrons. The first-order valence-corrected chi connectivity index (χ1v) is 13.2. The van der Waals surface area contributed by atoms with E-state index < -0.39 is 27.7 Å². The molecule has 37 heavy (non-hydrogen) atoms.